The van der Waals surface area contributed by atoms with Crippen molar-refractivity contribution in [1.82, 2.24) is 10.2 Å². The van der Waals surface area contributed by atoms with Crippen molar-refractivity contribution in [3.8, 4) is 0 Å². The molecule has 1 aliphatic carbocycles. The standard InChI is InChI=1S/C18H26F2N2O2/c1-22(2)12-18(9-4-3-5-10-18)17(24)21-15(11-23)16-13(19)7-6-8-14(16)20/h6-8,15,23H,3-5,9-12H2,1-2H3,(H,21,24). The number of carbonyl (C=O) groups excluding carboxylic acids is 1. The predicted molar refractivity (Wildman–Crippen MR) is 88.4 cm³/mol. The van der Waals surface area contributed by atoms with Crippen LogP contribution in [0.25, 0.3) is 0 Å². The number of aliphatic hydroxyl groups is 1. The zero-order chi connectivity index (χ0) is 17.7. The molecule has 0 aliphatic heterocycles. The van der Waals surface area contributed by atoms with Crippen LogP contribution < -0.4 is 5.32 Å². The number of halogens is 2. The van der Waals surface area contributed by atoms with E-state index in [9.17, 15) is 18.7 Å². The highest BCUT2D eigenvalue weighted by molar-refractivity contribution is 5.83. The van der Waals surface area contributed by atoms with E-state index >= 15 is 0 Å². The maximum absolute atomic E-state index is 14.0. The van der Waals surface area contributed by atoms with E-state index in [2.05, 4.69) is 5.32 Å². The number of nitrogens with one attached hydrogen (secondary N) is 1. The Balaban J connectivity index is 2.23. The fourth-order valence-corrected chi connectivity index (χ4v) is 3.65. The van der Waals surface area contributed by atoms with Gasteiger partial charge in [0.05, 0.1) is 18.1 Å². The Bertz CT molecular complexity index is 552. The van der Waals surface area contributed by atoms with Gasteiger partial charge in [0.2, 0.25) is 5.91 Å². The van der Waals surface area contributed by atoms with Gasteiger partial charge in [-0.25, -0.2) is 8.78 Å². The molecule has 1 atom stereocenters. The molecule has 4 nitrogen and oxygen atoms in total. The van der Waals surface area contributed by atoms with Gasteiger partial charge in [0, 0.05) is 12.1 Å². The first-order chi connectivity index (χ1) is 11.4. The lowest BCUT2D eigenvalue weighted by atomic mass is 9.72. The van der Waals surface area contributed by atoms with Crippen molar-refractivity contribution < 1.29 is 18.7 Å². The molecule has 1 aromatic carbocycles. The first-order valence-corrected chi connectivity index (χ1v) is 8.40. The topological polar surface area (TPSA) is 52.6 Å². The highest BCUT2D eigenvalue weighted by Gasteiger charge is 2.41. The quantitative estimate of drug-likeness (QED) is 0.837. The summed E-state index contributed by atoms with van der Waals surface area (Å²) in [7, 11) is 3.81. The van der Waals surface area contributed by atoms with Crippen LogP contribution in [0.15, 0.2) is 18.2 Å². The summed E-state index contributed by atoms with van der Waals surface area (Å²) in [5.41, 5.74) is -0.860. The fourth-order valence-electron chi connectivity index (χ4n) is 3.65. The Morgan fingerprint density at radius 1 is 1.25 bits per heavy atom. The average molecular weight is 340 g/mol. The van der Waals surface area contributed by atoms with Crippen molar-refractivity contribution in [3.05, 3.63) is 35.4 Å². The number of hydrogen-bond donors (Lipinski definition) is 2. The molecule has 2 rings (SSSR count). The highest BCUT2D eigenvalue weighted by atomic mass is 19.1. The van der Waals surface area contributed by atoms with Crippen LogP contribution in [0.5, 0.6) is 0 Å². The molecule has 1 amide bonds. The maximum atomic E-state index is 14.0. The van der Waals surface area contributed by atoms with Crippen molar-refractivity contribution in [1.29, 1.82) is 0 Å². The van der Waals surface area contributed by atoms with Crippen molar-refractivity contribution in [2.75, 3.05) is 27.2 Å². The number of aliphatic hydroxyl groups excluding tert-OH is 1. The van der Waals surface area contributed by atoms with Crippen LogP contribution >= 0.6 is 0 Å². The maximum Gasteiger partial charge on any atom is 0.228 e. The SMILES string of the molecule is CN(C)CC1(C(=O)NC(CO)c2c(F)cccc2F)CCCCC1. The van der Waals surface area contributed by atoms with E-state index in [-0.39, 0.29) is 11.5 Å². The number of amides is 1. The smallest absolute Gasteiger partial charge is 0.228 e. The number of benzene rings is 1. The summed E-state index contributed by atoms with van der Waals surface area (Å²) in [6, 6.07) is 2.44. The first kappa shape index (κ1) is 18.8. The Kier molecular flexibility index (Phi) is 6.29. The largest absolute Gasteiger partial charge is 0.394 e. The van der Waals surface area contributed by atoms with Crippen LogP contribution in [0.2, 0.25) is 0 Å². The van der Waals surface area contributed by atoms with Gasteiger partial charge in [0.15, 0.2) is 0 Å². The third-order valence-electron chi connectivity index (χ3n) is 4.75. The van der Waals surface area contributed by atoms with E-state index in [1.165, 1.54) is 6.07 Å². The molecule has 0 bridgehead atoms. The van der Waals surface area contributed by atoms with Crippen LogP contribution in [-0.4, -0.2) is 43.2 Å². The van der Waals surface area contributed by atoms with Crippen molar-refractivity contribution in [3.63, 3.8) is 0 Å². The van der Waals surface area contributed by atoms with Gasteiger partial charge < -0.3 is 15.3 Å². The zero-order valence-electron chi connectivity index (χ0n) is 14.3. The summed E-state index contributed by atoms with van der Waals surface area (Å²) < 4.78 is 28.0. The van der Waals surface area contributed by atoms with Crippen LogP contribution in [0, 0.1) is 17.0 Å². The second-order valence-corrected chi connectivity index (χ2v) is 6.92. The molecule has 1 unspecified atom stereocenters. The molecule has 0 aromatic heterocycles. The van der Waals surface area contributed by atoms with E-state index in [1.54, 1.807) is 0 Å². The van der Waals surface area contributed by atoms with Gasteiger partial charge in [-0.3, -0.25) is 4.79 Å². The fraction of sp³-hybridized carbons (Fsp3) is 0.611. The van der Waals surface area contributed by atoms with Gasteiger partial charge in [-0.2, -0.15) is 0 Å². The van der Waals surface area contributed by atoms with Gasteiger partial charge in [0.25, 0.3) is 0 Å². The molecule has 1 saturated carbocycles. The van der Waals surface area contributed by atoms with Gasteiger partial charge in [-0.05, 0) is 39.1 Å². The van der Waals surface area contributed by atoms with Gasteiger partial charge in [-0.15, -0.1) is 0 Å². The Morgan fingerprint density at radius 2 is 1.83 bits per heavy atom. The Hall–Kier alpha value is -1.53. The molecule has 0 saturated heterocycles. The summed E-state index contributed by atoms with van der Waals surface area (Å²) in [6.07, 6.45) is 4.50. The molecule has 0 heterocycles. The third kappa shape index (κ3) is 4.11. The minimum absolute atomic E-state index is 0.238. The van der Waals surface area contributed by atoms with Gasteiger partial charge >= 0.3 is 0 Å². The number of rotatable bonds is 6. The van der Waals surface area contributed by atoms with Crippen molar-refractivity contribution in [2.24, 2.45) is 5.41 Å². The summed E-state index contributed by atoms with van der Waals surface area (Å²) in [5, 5.41) is 12.3. The second kappa shape index (κ2) is 8.03. The average Bonchev–Trinajstić information content (AvgIpc) is 2.53. The molecule has 0 radical (unpaired) electrons. The molecule has 134 valence electrons. The molecule has 1 aromatic rings. The summed E-state index contributed by atoms with van der Waals surface area (Å²) in [6.45, 7) is 0.0262. The van der Waals surface area contributed by atoms with Crippen molar-refractivity contribution in [2.45, 2.75) is 38.1 Å². The van der Waals surface area contributed by atoms with Crippen LogP contribution in [0.3, 0.4) is 0 Å². The van der Waals surface area contributed by atoms with Crippen molar-refractivity contribution >= 4 is 5.91 Å². The Labute approximate surface area is 141 Å². The summed E-state index contributed by atoms with van der Waals surface area (Å²) in [5.74, 6) is -1.77. The molecular weight excluding hydrogens is 314 g/mol. The van der Waals surface area contributed by atoms with Crippen LogP contribution in [0.4, 0.5) is 8.78 Å². The molecule has 2 N–H and O–H groups in total. The van der Waals surface area contributed by atoms with E-state index < -0.39 is 29.7 Å². The lowest BCUT2D eigenvalue weighted by Gasteiger charge is -2.38. The minimum Gasteiger partial charge on any atom is -0.394 e. The highest BCUT2D eigenvalue weighted by Crippen LogP contribution is 2.37. The molecule has 1 fully saturated rings. The monoisotopic (exact) mass is 340 g/mol. The van der Waals surface area contributed by atoms with E-state index in [0.29, 0.717) is 6.54 Å². The van der Waals surface area contributed by atoms with Crippen LogP contribution in [-0.2, 0) is 4.79 Å². The molecular formula is C18H26F2N2O2. The summed E-state index contributed by atoms with van der Waals surface area (Å²) in [4.78, 5) is 14.9. The van der Waals surface area contributed by atoms with Gasteiger partial charge in [0.1, 0.15) is 11.6 Å². The lowest BCUT2D eigenvalue weighted by Crippen LogP contribution is -2.49. The molecule has 0 spiro atoms. The predicted octanol–water partition coefficient (Wildman–Crippen LogP) is 2.63. The normalized spacial score (nSPS) is 18.4. The second-order valence-electron chi connectivity index (χ2n) is 6.92. The van der Waals surface area contributed by atoms with E-state index in [1.807, 2.05) is 19.0 Å². The minimum atomic E-state index is -1.08. The van der Waals surface area contributed by atoms with E-state index in [4.69, 9.17) is 0 Å². The number of nitrogens with zero attached hydrogens (tertiary/aromatic N) is 1. The lowest BCUT2D eigenvalue weighted by molar-refractivity contribution is -0.135. The molecule has 6 heteroatoms. The summed E-state index contributed by atoms with van der Waals surface area (Å²) >= 11 is 0. The molecule has 24 heavy (non-hydrogen) atoms. The Morgan fingerprint density at radius 3 is 2.33 bits per heavy atom. The van der Waals surface area contributed by atoms with E-state index in [0.717, 1.165) is 44.2 Å². The van der Waals surface area contributed by atoms with Gasteiger partial charge in [-0.1, -0.05) is 25.3 Å². The van der Waals surface area contributed by atoms with Crippen LogP contribution in [0.1, 0.15) is 43.7 Å². The first-order valence-electron chi connectivity index (χ1n) is 8.40. The number of hydrogen-bond acceptors (Lipinski definition) is 3. The third-order valence-corrected chi connectivity index (χ3v) is 4.75. The zero-order valence-corrected chi connectivity index (χ0v) is 14.3. The number of carbonyl (C=O) groups is 1. The molecule has 1 aliphatic rings.